The van der Waals surface area contributed by atoms with Crippen molar-refractivity contribution in [2.45, 2.75) is 23.9 Å². The molecule has 1 saturated heterocycles. The number of hydrogen-bond acceptors (Lipinski definition) is 8. The number of thioether (sulfide) groups is 1. The lowest BCUT2D eigenvalue weighted by Crippen LogP contribution is -2.36. The molecule has 168 valence electrons. The molecule has 9 nitrogen and oxygen atoms in total. The lowest BCUT2D eigenvalue weighted by molar-refractivity contribution is -0.115. The van der Waals surface area contributed by atoms with E-state index in [-0.39, 0.29) is 11.2 Å². The normalized spacial score (nSPS) is 14.8. The minimum absolute atomic E-state index is 0.104. The first-order chi connectivity index (χ1) is 15.6. The SMILES string of the molecule is COc1ccc(Cn2nnnc2S[C@@H](C)C(=O)Nc2ccc(N3CCOCC3)cc2)cc1. The van der Waals surface area contributed by atoms with E-state index in [0.29, 0.717) is 11.7 Å². The van der Waals surface area contributed by atoms with Gasteiger partial charge in [0, 0.05) is 24.5 Å². The Kier molecular flexibility index (Phi) is 7.23. The van der Waals surface area contributed by atoms with E-state index in [0.717, 1.165) is 49.0 Å². The van der Waals surface area contributed by atoms with Crippen molar-refractivity contribution in [1.29, 1.82) is 0 Å². The minimum Gasteiger partial charge on any atom is -0.497 e. The van der Waals surface area contributed by atoms with E-state index >= 15 is 0 Å². The van der Waals surface area contributed by atoms with Gasteiger partial charge < -0.3 is 19.7 Å². The van der Waals surface area contributed by atoms with Gasteiger partial charge in [-0.1, -0.05) is 23.9 Å². The van der Waals surface area contributed by atoms with Crippen LogP contribution in [0.1, 0.15) is 12.5 Å². The number of amides is 1. The summed E-state index contributed by atoms with van der Waals surface area (Å²) in [6, 6.07) is 15.6. The number of benzene rings is 2. The Hall–Kier alpha value is -3.11. The van der Waals surface area contributed by atoms with Crippen LogP contribution in [0, 0.1) is 0 Å². The molecule has 0 unspecified atom stereocenters. The van der Waals surface area contributed by atoms with Crippen molar-refractivity contribution in [2.24, 2.45) is 0 Å². The first-order valence-electron chi connectivity index (χ1n) is 10.4. The van der Waals surface area contributed by atoms with Crippen LogP contribution in [-0.4, -0.2) is 64.8 Å². The third kappa shape index (κ3) is 5.57. The molecule has 1 aromatic heterocycles. The predicted molar refractivity (Wildman–Crippen MR) is 123 cm³/mol. The smallest absolute Gasteiger partial charge is 0.237 e. The monoisotopic (exact) mass is 454 g/mol. The first-order valence-corrected chi connectivity index (χ1v) is 11.3. The quantitative estimate of drug-likeness (QED) is 0.519. The molecule has 0 aliphatic carbocycles. The van der Waals surface area contributed by atoms with Gasteiger partial charge in [0.2, 0.25) is 11.1 Å². The summed E-state index contributed by atoms with van der Waals surface area (Å²) in [5, 5.41) is 15.1. The lowest BCUT2D eigenvalue weighted by atomic mass is 10.2. The summed E-state index contributed by atoms with van der Waals surface area (Å²) >= 11 is 1.32. The molecule has 0 radical (unpaired) electrons. The molecule has 0 saturated carbocycles. The fourth-order valence-electron chi connectivity index (χ4n) is 3.32. The van der Waals surface area contributed by atoms with Gasteiger partial charge in [-0.15, -0.1) is 5.10 Å². The molecule has 1 aliphatic rings. The van der Waals surface area contributed by atoms with E-state index in [1.807, 2.05) is 55.5 Å². The molecule has 0 bridgehead atoms. The summed E-state index contributed by atoms with van der Waals surface area (Å²) in [7, 11) is 1.63. The van der Waals surface area contributed by atoms with Gasteiger partial charge in [-0.05, 0) is 59.3 Å². The second kappa shape index (κ2) is 10.5. The van der Waals surface area contributed by atoms with Gasteiger partial charge in [-0.3, -0.25) is 4.79 Å². The number of rotatable bonds is 8. The summed E-state index contributed by atoms with van der Waals surface area (Å²) in [6.45, 7) is 5.59. The second-order valence-corrected chi connectivity index (χ2v) is 8.67. The Labute approximate surface area is 191 Å². The Morgan fingerprint density at radius 1 is 1.16 bits per heavy atom. The van der Waals surface area contributed by atoms with Crippen molar-refractivity contribution in [3.05, 3.63) is 54.1 Å². The van der Waals surface area contributed by atoms with Gasteiger partial charge in [0.1, 0.15) is 5.75 Å². The van der Waals surface area contributed by atoms with E-state index in [1.165, 1.54) is 11.8 Å². The number of anilines is 2. The summed E-state index contributed by atoms with van der Waals surface area (Å²) in [6.07, 6.45) is 0. The first kappa shape index (κ1) is 22.1. The van der Waals surface area contributed by atoms with E-state index in [1.54, 1.807) is 11.8 Å². The molecule has 4 rings (SSSR count). The van der Waals surface area contributed by atoms with Crippen LogP contribution in [0.3, 0.4) is 0 Å². The van der Waals surface area contributed by atoms with Crippen molar-refractivity contribution in [3.8, 4) is 5.75 Å². The minimum atomic E-state index is -0.366. The van der Waals surface area contributed by atoms with Crippen molar-refractivity contribution in [3.63, 3.8) is 0 Å². The number of hydrogen-bond donors (Lipinski definition) is 1. The maximum Gasteiger partial charge on any atom is 0.237 e. The summed E-state index contributed by atoms with van der Waals surface area (Å²) in [4.78, 5) is 15.0. The molecule has 3 aromatic rings. The van der Waals surface area contributed by atoms with Crippen molar-refractivity contribution in [2.75, 3.05) is 43.6 Å². The summed E-state index contributed by atoms with van der Waals surface area (Å²) < 4.78 is 12.3. The van der Waals surface area contributed by atoms with E-state index < -0.39 is 0 Å². The maximum atomic E-state index is 12.7. The van der Waals surface area contributed by atoms with E-state index in [2.05, 4.69) is 25.7 Å². The van der Waals surface area contributed by atoms with Crippen LogP contribution in [0.2, 0.25) is 0 Å². The third-order valence-electron chi connectivity index (χ3n) is 5.15. The number of morpholine rings is 1. The molecule has 10 heteroatoms. The highest BCUT2D eigenvalue weighted by Crippen LogP contribution is 2.24. The number of methoxy groups -OCH3 is 1. The molecule has 1 N–H and O–H groups in total. The Balaban J connectivity index is 1.33. The zero-order valence-corrected chi connectivity index (χ0v) is 18.9. The van der Waals surface area contributed by atoms with Crippen LogP contribution < -0.4 is 15.0 Å². The van der Waals surface area contributed by atoms with Crippen LogP contribution in [0.25, 0.3) is 0 Å². The summed E-state index contributed by atoms with van der Waals surface area (Å²) in [5.41, 5.74) is 2.93. The Morgan fingerprint density at radius 2 is 1.88 bits per heavy atom. The number of tetrazole rings is 1. The van der Waals surface area contributed by atoms with Gasteiger partial charge in [0.05, 0.1) is 32.1 Å². The summed E-state index contributed by atoms with van der Waals surface area (Å²) in [5.74, 6) is 0.691. The largest absolute Gasteiger partial charge is 0.497 e. The zero-order valence-electron chi connectivity index (χ0n) is 18.1. The number of ether oxygens (including phenoxy) is 2. The third-order valence-corrected chi connectivity index (χ3v) is 6.22. The number of carbonyl (C=O) groups is 1. The van der Waals surface area contributed by atoms with E-state index in [9.17, 15) is 4.79 Å². The highest BCUT2D eigenvalue weighted by molar-refractivity contribution is 8.00. The highest BCUT2D eigenvalue weighted by Gasteiger charge is 2.19. The lowest BCUT2D eigenvalue weighted by Gasteiger charge is -2.28. The van der Waals surface area contributed by atoms with Gasteiger partial charge in [0.15, 0.2) is 0 Å². The van der Waals surface area contributed by atoms with Crippen molar-refractivity contribution >= 4 is 29.0 Å². The molecule has 1 amide bonds. The second-order valence-electron chi connectivity index (χ2n) is 7.36. The number of aromatic nitrogens is 4. The van der Waals surface area contributed by atoms with Crippen molar-refractivity contribution in [1.82, 2.24) is 20.2 Å². The van der Waals surface area contributed by atoms with Gasteiger partial charge in [-0.2, -0.15) is 0 Å². The molecule has 1 fully saturated rings. The van der Waals surface area contributed by atoms with Gasteiger partial charge in [-0.25, -0.2) is 4.68 Å². The Bertz CT molecular complexity index is 1020. The molecule has 1 atom stereocenters. The van der Waals surface area contributed by atoms with Crippen molar-refractivity contribution < 1.29 is 14.3 Å². The number of nitrogens with zero attached hydrogens (tertiary/aromatic N) is 5. The molecule has 32 heavy (non-hydrogen) atoms. The zero-order chi connectivity index (χ0) is 22.3. The number of nitrogens with one attached hydrogen (secondary N) is 1. The average Bonchev–Trinajstić information content (AvgIpc) is 3.27. The number of carbonyl (C=O) groups excluding carboxylic acids is 1. The molecule has 2 aromatic carbocycles. The van der Waals surface area contributed by atoms with Crippen LogP contribution in [-0.2, 0) is 16.1 Å². The predicted octanol–water partition coefficient (Wildman–Crippen LogP) is 2.69. The standard InChI is InChI=1S/C22H26N6O3S/c1-16(21(29)23-18-5-7-19(8-6-18)27-11-13-31-14-12-27)32-22-24-25-26-28(22)15-17-3-9-20(30-2)10-4-17/h3-10,16H,11-15H2,1-2H3,(H,23,29)/t16-/m0/s1. The average molecular weight is 455 g/mol. The molecular formula is C22H26N6O3S. The van der Waals surface area contributed by atoms with Crippen LogP contribution in [0.5, 0.6) is 5.75 Å². The Morgan fingerprint density at radius 3 is 2.56 bits per heavy atom. The molecule has 0 spiro atoms. The van der Waals surface area contributed by atoms with Crippen LogP contribution in [0.4, 0.5) is 11.4 Å². The van der Waals surface area contributed by atoms with E-state index in [4.69, 9.17) is 9.47 Å². The highest BCUT2D eigenvalue weighted by atomic mass is 32.2. The maximum absolute atomic E-state index is 12.7. The fourth-order valence-corrected chi connectivity index (χ4v) is 4.11. The molecular weight excluding hydrogens is 428 g/mol. The molecule has 2 heterocycles. The topological polar surface area (TPSA) is 94.4 Å². The molecule has 1 aliphatic heterocycles. The van der Waals surface area contributed by atoms with Crippen LogP contribution in [0.15, 0.2) is 53.7 Å². The fraction of sp³-hybridized carbons (Fsp3) is 0.364. The van der Waals surface area contributed by atoms with Gasteiger partial charge in [0.25, 0.3) is 0 Å². The van der Waals surface area contributed by atoms with Crippen LogP contribution >= 0.6 is 11.8 Å². The van der Waals surface area contributed by atoms with Gasteiger partial charge >= 0.3 is 0 Å².